The summed E-state index contributed by atoms with van der Waals surface area (Å²) in [4.78, 5) is 29.7. The lowest BCUT2D eigenvalue weighted by molar-refractivity contribution is -0.111. The number of nitrogens with one attached hydrogen (secondary N) is 2. The highest BCUT2D eigenvalue weighted by Gasteiger charge is 2.29. The maximum absolute atomic E-state index is 12.4. The molecule has 2 aliphatic rings. The molecule has 33 heavy (non-hydrogen) atoms. The van der Waals surface area contributed by atoms with Gasteiger partial charge < -0.3 is 20.5 Å². The molecule has 1 saturated carbocycles. The van der Waals surface area contributed by atoms with Gasteiger partial charge in [0.1, 0.15) is 17.2 Å². The van der Waals surface area contributed by atoms with Gasteiger partial charge in [0.15, 0.2) is 0 Å². The highest BCUT2D eigenvalue weighted by atomic mass is 32.1. The third-order valence-corrected chi connectivity index (χ3v) is 7.14. The fourth-order valence-corrected chi connectivity index (χ4v) is 5.50. The number of carbonyl (C=O) groups excluding carboxylic acids is 2. The first-order valence-electron chi connectivity index (χ1n) is 11.1. The molecule has 9 heteroatoms. The van der Waals surface area contributed by atoms with E-state index in [0.717, 1.165) is 28.8 Å². The molecule has 2 aromatic heterocycles. The van der Waals surface area contributed by atoms with E-state index in [4.69, 9.17) is 4.74 Å². The van der Waals surface area contributed by atoms with E-state index in [0.29, 0.717) is 42.7 Å². The fraction of sp³-hybridized carbons (Fsp3) is 0.417. The molecule has 2 aliphatic carbocycles. The molecule has 4 rings (SSSR count). The van der Waals surface area contributed by atoms with Crippen molar-refractivity contribution in [3.63, 3.8) is 0 Å². The SMILES string of the molecule is N#Cc1c(NC(=O)/C=C/c2cccnc2)sc2c1CCC(OC(=O)NC1CCC(O)CC1)C2. The van der Waals surface area contributed by atoms with Gasteiger partial charge in [-0.25, -0.2) is 4.79 Å². The number of aliphatic hydroxyl groups excluding tert-OH is 1. The van der Waals surface area contributed by atoms with Crippen molar-refractivity contribution in [1.29, 1.82) is 5.26 Å². The van der Waals surface area contributed by atoms with E-state index in [1.54, 1.807) is 24.5 Å². The van der Waals surface area contributed by atoms with Crippen LogP contribution < -0.4 is 10.6 Å². The molecule has 1 fully saturated rings. The molecule has 0 spiro atoms. The van der Waals surface area contributed by atoms with Crippen LogP contribution in [0.4, 0.5) is 9.80 Å². The van der Waals surface area contributed by atoms with Gasteiger partial charge in [0, 0.05) is 35.8 Å². The molecule has 172 valence electrons. The van der Waals surface area contributed by atoms with E-state index < -0.39 is 6.09 Å². The number of fused-ring (bicyclic) bond motifs is 1. The number of ether oxygens (including phenoxy) is 1. The number of amides is 2. The van der Waals surface area contributed by atoms with Crippen LogP contribution in [0.25, 0.3) is 6.08 Å². The first-order chi connectivity index (χ1) is 16.0. The number of anilines is 1. The number of carbonyl (C=O) groups is 2. The third kappa shape index (κ3) is 5.97. The van der Waals surface area contributed by atoms with Crippen molar-refractivity contribution in [3.8, 4) is 6.07 Å². The van der Waals surface area contributed by atoms with Gasteiger partial charge in [-0.05, 0) is 61.8 Å². The number of hydrogen-bond donors (Lipinski definition) is 3. The minimum Gasteiger partial charge on any atom is -0.446 e. The van der Waals surface area contributed by atoms with Crippen LogP contribution in [0, 0.1) is 11.3 Å². The summed E-state index contributed by atoms with van der Waals surface area (Å²) in [5.74, 6) is -0.321. The molecule has 0 aromatic carbocycles. The lowest BCUT2D eigenvalue weighted by atomic mass is 9.93. The van der Waals surface area contributed by atoms with E-state index in [1.807, 2.05) is 6.07 Å². The zero-order chi connectivity index (χ0) is 23.2. The summed E-state index contributed by atoms with van der Waals surface area (Å²) in [7, 11) is 0. The van der Waals surface area contributed by atoms with Gasteiger partial charge >= 0.3 is 6.09 Å². The van der Waals surface area contributed by atoms with Crippen LogP contribution in [0.3, 0.4) is 0 Å². The van der Waals surface area contributed by atoms with Gasteiger partial charge in [-0.3, -0.25) is 9.78 Å². The van der Waals surface area contributed by atoms with Crippen LogP contribution in [-0.2, 0) is 22.4 Å². The molecule has 2 aromatic rings. The van der Waals surface area contributed by atoms with Gasteiger partial charge in [0.05, 0.1) is 11.7 Å². The number of nitrogens with zero attached hydrogens (tertiary/aromatic N) is 2. The van der Waals surface area contributed by atoms with Crippen LogP contribution in [0.15, 0.2) is 30.6 Å². The number of pyridine rings is 1. The number of alkyl carbamates (subject to hydrolysis) is 1. The molecule has 8 nitrogen and oxygen atoms in total. The first-order valence-corrected chi connectivity index (χ1v) is 11.9. The van der Waals surface area contributed by atoms with Crippen molar-refractivity contribution >= 4 is 34.4 Å². The Morgan fingerprint density at radius 1 is 1.27 bits per heavy atom. The summed E-state index contributed by atoms with van der Waals surface area (Å²) >= 11 is 1.36. The van der Waals surface area contributed by atoms with E-state index in [9.17, 15) is 20.0 Å². The largest absolute Gasteiger partial charge is 0.446 e. The second kappa shape index (κ2) is 10.6. The third-order valence-electron chi connectivity index (χ3n) is 5.97. The molecule has 0 bridgehead atoms. The number of aromatic nitrogens is 1. The van der Waals surface area contributed by atoms with Crippen LogP contribution in [0.2, 0.25) is 0 Å². The predicted molar refractivity (Wildman–Crippen MR) is 125 cm³/mol. The van der Waals surface area contributed by atoms with Gasteiger partial charge in [-0.15, -0.1) is 11.3 Å². The minimum atomic E-state index is -0.434. The molecule has 0 radical (unpaired) electrons. The molecule has 2 heterocycles. The Labute approximate surface area is 196 Å². The Bertz CT molecular complexity index is 1070. The molecule has 2 amide bonds. The average molecular weight is 467 g/mol. The maximum Gasteiger partial charge on any atom is 0.407 e. The summed E-state index contributed by atoms with van der Waals surface area (Å²) in [6, 6.07) is 5.88. The Kier molecular flexibility index (Phi) is 7.37. The van der Waals surface area contributed by atoms with E-state index >= 15 is 0 Å². The van der Waals surface area contributed by atoms with E-state index in [1.165, 1.54) is 17.4 Å². The second-order valence-electron chi connectivity index (χ2n) is 8.35. The summed E-state index contributed by atoms with van der Waals surface area (Å²) in [6.07, 6.45) is 10.1. The molecule has 3 N–H and O–H groups in total. The Morgan fingerprint density at radius 3 is 2.82 bits per heavy atom. The molecule has 0 aliphatic heterocycles. The number of hydrogen-bond acceptors (Lipinski definition) is 7. The predicted octanol–water partition coefficient (Wildman–Crippen LogP) is 3.55. The number of nitriles is 1. The monoisotopic (exact) mass is 466 g/mol. The summed E-state index contributed by atoms with van der Waals surface area (Å²) in [5, 5.41) is 25.5. The van der Waals surface area contributed by atoms with Crippen molar-refractivity contribution in [2.45, 2.75) is 63.2 Å². The van der Waals surface area contributed by atoms with Gasteiger partial charge in [0.25, 0.3) is 0 Å². The molecular weight excluding hydrogens is 440 g/mol. The smallest absolute Gasteiger partial charge is 0.407 e. The Morgan fingerprint density at radius 2 is 2.09 bits per heavy atom. The van der Waals surface area contributed by atoms with Gasteiger partial charge in [-0.1, -0.05) is 6.07 Å². The standard InChI is InChI=1S/C24H26N4O4S/c25-13-20-19-9-8-18(32-24(31)27-16-4-6-17(29)7-5-16)12-21(19)33-23(20)28-22(30)10-3-15-2-1-11-26-14-15/h1-3,10-11,14,16-18,29H,4-9,12H2,(H,27,31)(H,28,30)/b10-3+. The topological polar surface area (TPSA) is 124 Å². The highest BCUT2D eigenvalue weighted by Crippen LogP contribution is 2.38. The normalized spacial score (nSPS) is 22.2. The summed E-state index contributed by atoms with van der Waals surface area (Å²) in [5.41, 5.74) is 2.22. The van der Waals surface area contributed by atoms with E-state index in [2.05, 4.69) is 21.7 Å². The van der Waals surface area contributed by atoms with Crippen LogP contribution in [0.1, 0.15) is 53.7 Å². The number of aliphatic hydroxyl groups is 1. The minimum absolute atomic E-state index is 0.0357. The lowest BCUT2D eigenvalue weighted by Gasteiger charge is -2.28. The average Bonchev–Trinajstić information content (AvgIpc) is 3.15. The molecule has 1 atom stereocenters. The molecular formula is C24H26N4O4S. The Hall–Kier alpha value is -3.22. The zero-order valence-electron chi connectivity index (χ0n) is 18.1. The molecule has 1 unspecified atom stereocenters. The molecule has 0 saturated heterocycles. The fourth-order valence-electron chi connectivity index (χ4n) is 4.23. The summed E-state index contributed by atoms with van der Waals surface area (Å²) < 4.78 is 5.64. The van der Waals surface area contributed by atoms with Crippen molar-refractivity contribution in [3.05, 3.63) is 52.2 Å². The summed E-state index contributed by atoms with van der Waals surface area (Å²) in [6.45, 7) is 0. The van der Waals surface area contributed by atoms with Gasteiger partial charge in [-0.2, -0.15) is 5.26 Å². The number of thiophene rings is 1. The number of rotatable bonds is 5. The quantitative estimate of drug-likeness (QED) is 0.579. The van der Waals surface area contributed by atoms with Crippen molar-refractivity contribution in [2.24, 2.45) is 0 Å². The highest BCUT2D eigenvalue weighted by molar-refractivity contribution is 7.16. The van der Waals surface area contributed by atoms with Crippen LogP contribution in [-0.4, -0.2) is 40.3 Å². The zero-order valence-corrected chi connectivity index (χ0v) is 18.9. The van der Waals surface area contributed by atoms with Crippen molar-refractivity contribution < 1.29 is 19.4 Å². The lowest BCUT2D eigenvalue weighted by Crippen LogP contribution is -2.41. The van der Waals surface area contributed by atoms with Crippen LogP contribution >= 0.6 is 11.3 Å². The first kappa shape index (κ1) is 23.0. The Balaban J connectivity index is 1.35. The maximum atomic E-state index is 12.4. The van der Waals surface area contributed by atoms with Gasteiger partial charge in [0.2, 0.25) is 5.91 Å². The van der Waals surface area contributed by atoms with Crippen molar-refractivity contribution in [1.82, 2.24) is 10.3 Å². The van der Waals surface area contributed by atoms with E-state index in [-0.39, 0.29) is 24.2 Å². The second-order valence-corrected chi connectivity index (χ2v) is 9.45. The van der Waals surface area contributed by atoms with Crippen LogP contribution in [0.5, 0.6) is 0 Å². The van der Waals surface area contributed by atoms with Crippen molar-refractivity contribution in [2.75, 3.05) is 5.32 Å².